The van der Waals surface area contributed by atoms with E-state index in [4.69, 9.17) is 18.9 Å². The first kappa shape index (κ1) is 40.5. The van der Waals surface area contributed by atoms with Crippen molar-refractivity contribution in [1.82, 2.24) is 10.6 Å². The topological polar surface area (TPSA) is 166 Å². The summed E-state index contributed by atoms with van der Waals surface area (Å²) < 4.78 is 21.3. The van der Waals surface area contributed by atoms with Gasteiger partial charge in [0, 0.05) is 18.7 Å². The molecule has 0 aliphatic heterocycles. The second-order valence-corrected chi connectivity index (χ2v) is 13.3. The van der Waals surface area contributed by atoms with Gasteiger partial charge in [0.05, 0.1) is 24.6 Å². The Bertz CT molecular complexity index is 1350. The van der Waals surface area contributed by atoms with Crippen molar-refractivity contribution < 1.29 is 38.1 Å². The molecular weight excluding hydrogens is 630 g/mol. The van der Waals surface area contributed by atoms with E-state index in [0.29, 0.717) is 62.5 Å². The number of esters is 1. The van der Waals surface area contributed by atoms with Gasteiger partial charge in [0.1, 0.15) is 23.0 Å². The number of azo groups is 1. The molecule has 2 aromatic rings. The summed E-state index contributed by atoms with van der Waals surface area (Å²) in [6.45, 7) is 13.7. The third kappa shape index (κ3) is 19.0. The average molecular weight is 684 g/mol. The Hall–Kier alpha value is -4.68. The quantitative estimate of drug-likeness (QED) is 0.0613. The van der Waals surface area contributed by atoms with Crippen LogP contribution in [0.3, 0.4) is 0 Å². The first-order valence-electron chi connectivity index (χ1n) is 16.8. The lowest BCUT2D eigenvalue weighted by Gasteiger charge is -2.23. The van der Waals surface area contributed by atoms with E-state index in [1.807, 2.05) is 12.1 Å². The van der Waals surface area contributed by atoms with E-state index in [0.717, 1.165) is 25.0 Å². The highest BCUT2D eigenvalue weighted by atomic mass is 16.6. The number of nitrogens with zero attached hydrogens (tertiary/aromatic N) is 2. The molecule has 2 rings (SSSR count). The fourth-order valence-electron chi connectivity index (χ4n) is 4.23. The fraction of sp³-hybridized carbons (Fsp3) is 0.556. The van der Waals surface area contributed by atoms with Gasteiger partial charge in [0.15, 0.2) is 0 Å². The average Bonchev–Trinajstić information content (AvgIpc) is 3.00. The first-order chi connectivity index (χ1) is 23.1. The molecule has 3 amide bonds. The number of alkyl carbamates (subject to hydrolysis) is 2. The SMILES string of the molecule is CCOC(=O)CCCCCOc1ccc(N=Nc2ccc(NC(=O)C(CCCCNC(=O)OC(C)(C)C)NC(=O)OC(C)(C)C)cc2)cc1. The highest BCUT2D eigenvalue weighted by Gasteiger charge is 2.24. The largest absolute Gasteiger partial charge is 0.494 e. The second kappa shape index (κ2) is 20.6. The molecule has 1 unspecified atom stereocenters. The van der Waals surface area contributed by atoms with E-state index in [2.05, 4.69) is 26.2 Å². The second-order valence-electron chi connectivity index (χ2n) is 13.3. The zero-order chi connectivity index (χ0) is 36.3. The number of hydrogen-bond donors (Lipinski definition) is 3. The van der Waals surface area contributed by atoms with Gasteiger partial charge in [-0.3, -0.25) is 9.59 Å². The predicted molar refractivity (Wildman–Crippen MR) is 188 cm³/mol. The van der Waals surface area contributed by atoms with Crippen molar-refractivity contribution in [1.29, 1.82) is 0 Å². The summed E-state index contributed by atoms with van der Waals surface area (Å²) in [4.78, 5) is 48.9. The van der Waals surface area contributed by atoms with Gasteiger partial charge >= 0.3 is 18.2 Å². The predicted octanol–water partition coefficient (Wildman–Crippen LogP) is 8.13. The third-order valence-electron chi connectivity index (χ3n) is 6.45. The highest BCUT2D eigenvalue weighted by molar-refractivity contribution is 5.96. The van der Waals surface area contributed by atoms with Crippen molar-refractivity contribution in [3.05, 3.63) is 48.5 Å². The van der Waals surface area contributed by atoms with Crippen molar-refractivity contribution in [3.8, 4) is 5.75 Å². The Morgan fingerprint density at radius 3 is 1.92 bits per heavy atom. The molecule has 1 atom stereocenters. The number of carbonyl (C=O) groups is 4. The van der Waals surface area contributed by atoms with Crippen molar-refractivity contribution in [2.24, 2.45) is 10.2 Å². The van der Waals surface area contributed by atoms with E-state index >= 15 is 0 Å². The van der Waals surface area contributed by atoms with Crippen LogP contribution in [0.15, 0.2) is 58.8 Å². The minimum Gasteiger partial charge on any atom is -0.494 e. The van der Waals surface area contributed by atoms with Crippen LogP contribution in [0.5, 0.6) is 5.75 Å². The van der Waals surface area contributed by atoms with Gasteiger partial charge in [-0.2, -0.15) is 10.2 Å². The molecule has 0 heterocycles. The maximum atomic E-state index is 13.2. The number of hydrogen-bond acceptors (Lipinski definition) is 10. The number of anilines is 1. The lowest BCUT2D eigenvalue weighted by atomic mass is 10.1. The van der Waals surface area contributed by atoms with Gasteiger partial charge in [0.25, 0.3) is 0 Å². The number of unbranched alkanes of at least 4 members (excludes halogenated alkanes) is 3. The van der Waals surface area contributed by atoms with E-state index in [9.17, 15) is 19.2 Å². The van der Waals surface area contributed by atoms with Gasteiger partial charge in [0.2, 0.25) is 5.91 Å². The van der Waals surface area contributed by atoms with Crippen LogP contribution in [0, 0.1) is 0 Å². The Labute approximate surface area is 289 Å². The molecule has 0 aliphatic carbocycles. The lowest BCUT2D eigenvalue weighted by Crippen LogP contribution is -2.45. The monoisotopic (exact) mass is 683 g/mol. The molecule has 0 radical (unpaired) electrons. The standard InChI is InChI=1S/C36H53N5O8/c1-8-46-31(42)15-10-9-13-25-47-29-22-20-28(21-23-29)41-40-27-18-16-26(17-19-27)38-32(43)30(39-34(45)49-36(5,6)7)14-11-12-24-37-33(44)48-35(2,3)4/h16-23,30H,8-15,24-25H2,1-7H3,(H,37,44)(H,38,43)(H,39,45). The molecule has 49 heavy (non-hydrogen) atoms. The summed E-state index contributed by atoms with van der Waals surface area (Å²) in [6.07, 6.45) is 3.18. The molecule has 3 N–H and O–H groups in total. The Balaban J connectivity index is 1.86. The molecular formula is C36H53N5O8. The van der Waals surface area contributed by atoms with E-state index in [1.54, 1.807) is 84.9 Å². The number of benzene rings is 2. The van der Waals surface area contributed by atoms with Gasteiger partial charge in [-0.25, -0.2) is 9.59 Å². The molecule has 2 aromatic carbocycles. The van der Waals surface area contributed by atoms with Gasteiger partial charge in [-0.05, 0) is 136 Å². The number of carbonyl (C=O) groups excluding carboxylic acids is 4. The minimum atomic E-state index is -0.862. The highest BCUT2D eigenvalue weighted by Crippen LogP contribution is 2.23. The van der Waals surface area contributed by atoms with Crippen LogP contribution in [0.4, 0.5) is 26.7 Å². The molecule has 0 saturated heterocycles. The van der Waals surface area contributed by atoms with Gasteiger partial charge < -0.3 is 34.9 Å². The van der Waals surface area contributed by atoms with E-state index in [1.165, 1.54) is 0 Å². The molecule has 0 fully saturated rings. The van der Waals surface area contributed by atoms with Crippen LogP contribution in [-0.2, 0) is 23.8 Å². The summed E-state index contributed by atoms with van der Waals surface area (Å²) in [5, 5.41) is 16.7. The van der Waals surface area contributed by atoms with Crippen LogP contribution >= 0.6 is 0 Å². The van der Waals surface area contributed by atoms with Crippen molar-refractivity contribution in [3.63, 3.8) is 0 Å². The van der Waals surface area contributed by atoms with Crippen molar-refractivity contribution in [2.45, 2.75) is 111 Å². The molecule has 0 saturated carbocycles. The number of ether oxygens (including phenoxy) is 4. The van der Waals surface area contributed by atoms with Crippen LogP contribution in [0.2, 0.25) is 0 Å². The normalized spacial score (nSPS) is 12.1. The zero-order valence-corrected chi connectivity index (χ0v) is 29.9. The maximum Gasteiger partial charge on any atom is 0.408 e. The summed E-state index contributed by atoms with van der Waals surface area (Å²) >= 11 is 0. The van der Waals surface area contributed by atoms with Crippen LogP contribution in [0.25, 0.3) is 0 Å². The third-order valence-corrected chi connectivity index (χ3v) is 6.45. The summed E-state index contributed by atoms with van der Waals surface area (Å²) in [5.74, 6) is 0.158. The lowest BCUT2D eigenvalue weighted by molar-refractivity contribution is -0.143. The zero-order valence-electron chi connectivity index (χ0n) is 29.9. The molecule has 0 bridgehead atoms. The Kier molecular flexibility index (Phi) is 17.1. The van der Waals surface area contributed by atoms with E-state index < -0.39 is 35.3 Å². The Morgan fingerprint density at radius 1 is 0.735 bits per heavy atom. The molecule has 0 aliphatic rings. The summed E-state index contributed by atoms with van der Waals surface area (Å²) in [6, 6.07) is 13.2. The van der Waals surface area contributed by atoms with Crippen LogP contribution < -0.4 is 20.7 Å². The van der Waals surface area contributed by atoms with E-state index in [-0.39, 0.29) is 5.97 Å². The molecule has 13 nitrogen and oxygen atoms in total. The van der Waals surface area contributed by atoms with Crippen LogP contribution in [0.1, 0.15) is 93.4 Å². The summed E-state index contributed by atoms with van der Waals surface area (Å²) in [7, 11) is 0. The van der Waals surface area contributed by atoms with Gasteiger partial charge in [-0.15, -0.1) is 0 Å². The maximum absolute atomic E-state index is 13.2. The van der Waals surface area contributed by atoms with Gasteiger partial charge in [-0.1, -0.05) is 0 Å². The number of nitrogens with one attached hydrogen (secondary N) is 3. The fourth-order valence-corrected chi connectivity index (χ4v) is 4.23. The number of amides is 3. The smallest absolute Gasteiger partial charge is 0.408 e. The van der Waals surface area contributed by atoms with Crippen molar-refractivity contribution >= 4 is 41.1 Å². The van der Waals surface area contributed by atoms with Crippen molar-refractivity contribution in [2.75, 3.05) is 25.1 Å². The molecule has 13 heteroatoms. The first-order valence-corrected chi connectivity index (χ1v) is 16.8. The molecule has 270 valence electrons. The number of rotatable bonds is 18. The summed E-state index contributed by atoms with van der Waals surface area (Å²) in [5.41, 5.74) is 0.439. The van der Waals surface area contributed by atoms with Crippen LogP contribution in [-0.4, -0.2) is 61.1 Å². The molecule has 0 aromatic heterocycles. The molecule has 0 spiro atoms. The minimum absolute atomic E-state index is 0.162. The Morgan fingerprint density at radius 2 is 1.33 bits per heavy atom.